The molecule has 2 aromatic rings. The molecule has 2 N–H and O–H groups in total. The number of β-amino-alcohol motifs (C(OH)–C–C–N with tert-alkyl or cyclic N) is 1. The van der Waals surface area contributed by atoms with Gasteiger partial charge in [0, 0.05) is 12.1 Å². The smallest absolute Gasteiger partial charge is 0.295 e. The van der Waals surface area contributed by atoms with Crippen molar-refractivity contribution in [2.75, 3.05) is 6.54 Å². The highest BCUT2D eigenvalue weighted by Crippen LogP contribution is 2.39. The minimum absolute atomic E-state index is 0.00572. The Labute approximate surface area is 171 Å². The number of amides is 1. The van der Waals surface area contributed by atoms with Gasteiger partial charge in [0.25, 0.3) is 11.7 Å². The SMILES string of the molecule is Cc1cccc(C(O)=C2C(=O)C(=O)N(CC(C)O)C2c2ccc(C(C)C)cc2)c1. The molecule has 0 aromatic heterocycles. The summed E-state index contributed by atoms with van der Waals surface area (Å²) < 4.78 is 0. The average Bonchev–Trinajstić information content (AvgIpc) is 2.92. The van der Waals surface area contributed by atoms with Crippen molar-refractivity contribution in [1.82, 2.24) is 4.90 Å². The van der Waals surface area contributed by atoms with E-state index in [-0.39, 0.29) is 17.9 Å². The summed E-state index contributed by atoms with van der Waals surface area (Å²) in [5.74, 6) is -1.29. The summed E-state index contributed by atoms with van der Waals surface area (Å²) in [6, 6.07) is 14.1. The number of aliphatic hydroxyl groups excluding tert-OH is 2. The largest absolute Gasteiger partial charge is 0.507 e. The number of rotatable bonds is 5. The van der Waals surface area contributed by atoms with Crippen LogP contribution in [-0.4, -0.2) is 39.5 Å². The second kappa shape index (κ2) is 8.21. The van der Waals surface area contributed by atoms with Gasteiger partial charge in [0.1, 0.15) is 5.76 Å². The standard InChI is InChI=1S/C24H27NO4/c1-14(2)17-8-10-18(11-9-17)21-20(22(27)19-7-5-6-15(3)12-19)23(28)24(29)25(21)13-16(4)26/h5-12,14,16,21,26-27H,13H2,1-4H3. The van der Waals surface area contributed by atoms with Crippen molar-refractivity contribution in [3.8, 4) is 0 Å². The molecular formula is C24H27NO4. The Hall–Kier alpha value is -2.92. The predicted octanol–water partition coefficient (Wildman–Crippen LogP) is 3.92. The molecule has 29 heavy (non-hydrogen) atoms. The zero-order valence-corrected chi connectivity index (χ0v) is 17.2. The number of hydrogen-bond donors (Lipinski definition) is 2. The van der Waals surface area contributed by atoms with Crippen molar-refractivity contribution in [1.29, 1.82) is 0 Å². The van der Waals surface area contributed by atoms with Crippen molar-refractivity contribution in [2.45, 2.75) is 45.8 Å². The van der Waals surface area contributed by atoms with E-state index in [9.17, 15) is 19.8 Å². The van der Waals surface area contributed by atoms with Crippen LogP contribution in [-0.2, 0) is 9.59 Å². The number of carbonyl (C=O) groups is 2. The molecular weight excluding hydrogens is 366 g/mol. The van der Waals surface area contributed by atoms with Crippen LogP contribution in [0.4, 0.5) is 0 Å². The molecule has 1 heterocycles. The average molecular weight is 393 g/mol. The number of benzene rings is 2. The zero-order valence-electron chi connectivity index (χ0n) is 17.2. The summed E-state index contributed by atoms with van der Waals surface area (Å²) in [5.41, 5.74) is 3.34. The first kappa shape index (κ1) is 20.8. The fourth-order valence-electron chi connectivity index (χ4n) is 3.71. The predicted molar refractivity (Wildman–Crippen MR) is 112 cm³/mol. The Morgan fingerprint density at radius 3 is 2.28 bits per heavy atom. The quantitative estimate of drug-likeness (QED) is 0.458. The number of aryl methyl sites for hydroxylation is 1. The summed E-state index contributed by atoms with van der Waals surface area (Å²) in [6.07, 6.45) is -0.801. The molecule has 1 aliphatic heterocycles. The lowest BCUT2D eigenvalue weighted by Gasteiger charge is -2.26. The second-order valence-electron chi connectivity index (χ2n) is 7.99. The number of ketones is 1. The van der Waals surface area contributed by atoms with Gasteiger partial charge in [-0.1, -0.05) is 61.9 Å². The molecule has 0 aliphatic carbocycles. The van der Waals surface area contributed by atoms with Crippen LogP contribution in [0.25, 0.3) is 5.76 Å². The summed E-state index contributed by atoms with van der Waals surface area (Å²) in [4.78, 5) is 26.9. The van der Waals surface area contributed by atoms with Crippen LogP contribution < -0.4 is 0 Å². The molecule has 5 heteroatoms. The van der Waals surface area contributed by atoms with Gasteiger partial charge in [-0.3, -0.25) is 9.59 Å². The van der Waals surface area contributed by atoms with Gasteiger partial charge in [-0.05, 0) is 37.0 Å². The molecule has 0 bridgehead atoms. The highest BCUT2D eigenvalue weighted by atomic mass is 16.3. The molecule has 1 fully saturated rings. The van der Waals surface area contributed by atoms with E-state index in [0.29, 0.717) is 11.5 Å². The number of carbonyl (C=O) groups excluding carboxylic acids is 2. The van der Waals surface area contributed by atoms with Crippen molar-refractivity contribution in [2.24, 2.45) is 0 Å². The maximum atomic E-state index is 12.9. The minimum Gasteiger partial charge on any atom is -0.507 e. The fourth-order valence-corrected chi connectivity index (χ4v) is 3.71. The number of aliphatic hydroxyl groups is 2. The molecule has 1 aliphatic rings. The van der Waals surface area contributed by atoms with E-state index in [1.807, 2.05) is 37.3 Å². The van der Waals surface area contributed by atoms with Gasteiger partial charge < -0.3 is 15.1 Å². The van der Waals surface area contributed by atoms with Crippen LogP contribution in [0, 0.1) is 6.92 Å². The number of hydrogen-bond acceptors (Lipinski definition) is 4. The van der Waals surface area contributed by atoms with Crippen LogP contribution >= 0.6 is 0 Å². The minimum atomic E-state index is -0.801. The number of Topliss-reactive ketones (excluding diaryl/α,β-unsaturated/α-hetero) is 1. The molecule has 0 spiro atoms. The van der Waals surface area contributed by atoms with E-state index in [1.165, 1.54) is 4.90 Å². The van der Waals surface area contributed by atoms with Crippen LogP contribution in [0.15, 0.2) is 54.1 Å². The molecule has 2 aromatic carbocycles. The van der Waals surface area contributed by atoms with Crippen LogP contribution in [0.1, 0.15) is 55.0 Å². The third kappa shape index (κ3) is 4.10. The monoisotopic (exact) mass is 393 g/mol. The van der Waals surface area contributed by atoms with Crippen LogP contribution in [0.2, 0.25) is 0 Å². The van der Waals surface area contributed by atoms with Gasteiger partial charge in [-0.25, -0.2) is 0 Å². The first-order valence-corrected chi connectivity index (χ1v) is 9.84. The Balaban J connectivity index is 2.17. The van der Waals surface area contributed by atoms with Gasteiger partial charge in [0.05, 0.1) is 17.7 Å². The van der Waals surface area contributed by atoms with E-state index >= 15 is 0 Å². The van der Waals surface area contributed by atoms with Gasteiger partial charge in [-0.15, -0.1) is 0 Å². The van der Waals surface area contributed by atoms with Crippen molar-refractivity contribution < 1.29 is 19.8 Å². The molecule has 152 valence electrons. The van der Waals surface area contributed by atoms with Gasteiger partial charge in [-0.2, -0.15) is 0 Å². The molecule has 5 nitrogen and oxygen atoms in total. The lowest BCUT2D eigenvalue weighted by molar-refractivity contribution is -0.140. The molecule has 2 atom stereocenters. The highest BCUT2D eigenvalue weighted by Gasteiger charge is 2.46. The van der Waals surface area contributed by atoms with Crippen molar-refractivity contribution in [3.63, 3.8) is 0 Å². The van der Waals surface area contributed by atoms with E-state index in [2.05, 4.69) is 13.8 Å². The Morgan fingerprint density at radius 2 is 1.72 bits per heavy atom. The Kier molecular flexibility index (Phi) is 5.89. The van der Waals surface area contributed by atoms with E-state index < -0.39 is 23.8 Å². The van der Waals surface area contributed by atoms with E-state index in [4.69, 9.17) is 0 Å². The lowest BCUT2D eigenvalue weighted by atomic mass is 9.93. The highest BCUT2D eigenvalue weighted by molar-refractivity contribution is 6.46. The second-order valence-corrected chi connectivity index (χ2v) is 7.99. The molecule has 1 amide bonds. The topological polar surface area (TPSA) is 77.8 Å². The third-order valence-electron chi connectivity index (χ3n) is 5.21. The van der Waals surface area contributed by atoms with Gasteiger partial charge >= 0.3 is 0 Å². The molecule has 3 rings (SSSR count). The van der Waals surface area contributed by atoms with Crippen LogP contribution in [0.5, 0.6) is 0 Å². The Bertz CT molecular complexity index is 957. The maximum Gasteiger partial charge on any atom is 0.295 e. The first-order valence-electron chi connectivity index (χ1n) is 9.84. The summed E-state index contributed by atoms with van der Waals surface area (Å²) in [5, 5.41) is 20.9. The van der Waals surface area contributed by atoms with Crippen molar-refractivity contribution in [3.05, 3.63) is 76.4 Å². The summed E-state index contributed by atoms with van der Waals surface area (Å²) in [6.45, 7) is 7.65. The first-order chi connectivity index (χ1) is 13.7. The number of likely N-dealkylation sites (tertiary alicyclic amines) is 1. The summed E-state index contributed by atoms with van der Waals surface area (Å²) in [7, 11) is 0. The van der Waals surface area contributed by atoms with E-state index in [0.717, 1.165) is 16.7 Å². The summed E-state index contributed by atoms with van der Waals surface area (Å²) >= 11 is 0. The third-order valence-corrected chi connectivity index (χ3v) is 5.21. The molecule has 0 radical (unpaired) electrons. The number of nitrogens with zero attached hydrogens (tertiary/aromatic N) is 1. The van der Waals surface area contributed by atoms with Gasteiger partial charge in [0.2, 0.25) is 0 Å². The van der Waals surface area contributed by atoms with Crippen molar-refractivity contribution >= 4 is 17.4 Å². The lowest BCUT2D eigenvalue weighted by Crippen LogP contribution is -2.35. The normalized spacial score (nSPS) is 19.8. The van der Waals surface area contributed by atoms with Gasteiger partial charge in [0.15, 0.2) is 0 Å². The molecule has 0 saturated carbocycles. The van der Waals surface area contributed by atoms with Crippen LogP contribution in [0.3, 0.4) is 0 Å². The molecule has 2 unspecified atom stereocenters. The fraction of sp³-hybridized carbons (Fsp3) is 0.333. The van der Waals surface area contributed by atoms with E-state index in [1.54, 1.807) is 25.1 Å². The molecule has 1 saturated heterocycles. The Morgan fingerprint density at radius 1 is 1.07 bits per heavy atom. The maximum absolute atomic E-state index is 12.9. The zero-order chi connectivity index (χ0) is 21.3.